The number of rotatable bonds is 5. The number of hydrogen-bond donors (Lipinski definition) is 0. The lowest BCUT2D eigenvalue weighted by atomic mass is 9.93. The Morgan fingerprint density at radius 2 is 1.89 bits per heavy atom. The van der Waals surface area contributed by atoms with Crippen molar-refractivity contribution in [2.24, 2.45) is 0 Å². The minimum absolute atomic E-state index is 0.0583. The number of ether oxygens (including phenoxy) is 1. The number of aromatic nitrogens is 1. The van der Waals surface area contributed by atoms with Crippen LogP contribution in [0.2, 0.25) is 0 Å². The van der Waals surface area contributed by atoms with E-state index in [-0.39, 0.29) is 11.3 Å². The summed E-state index contributed by atoms with van der Waals surface area (Å²) in [5.41, 5.74) is 1.90. The van der Waals surface area contributed by atoms with Gasteiger partial charge in [0.05, 0.1) is 24.4 Å². The van der Waals surface area contributed by atoms with E-state index in [1.807, 2.05) is 36.1 Å². The van der Waals surface area contributed by atoms with E-state index in [0.29, 0.717) is 17.9 Å². The van der Waals surface area contributed by atoms with Crippen LogP contribution in [-0.4, -0.2) is 53.5 Å². The van der Waals surface area contributed by atoms with E-state index in [0.717, 1.165) is 43.4 Å². The standard InChI is InChI=1S/C21H29N3O2S/c1-5-26-17-9-7-6-8-16(17)20(25)24-12-10-23(11-13-24)14-19-22-18(15-27-19)21(2,3)4/h6-9,15H,5,10-14H2,1-4H3. The van der Waals surface area contributed by atoms with Gasteiger partial charge in [0.1, 0.15) is 10.8 Å². The zero-order chi connectivity index (χ0) is 19.4. The molecule has 1 fully saturated rings. The molecule has 0 saturated carbocycles. The fourth-order valence-corrected chi connectivity index (χ4v) is 4.19. The summed E-state index contributed by atoms with van der Waals surface area (Å²) in [5.74, 6) is 0.730. The van der Waals surface area contributed by atoms with Gasteiger partial charge in [0, 0.05) is 37.0 Å². The van der Waals surface area contributed by atoms with Crippen molar-refractivity contribution < 1.29 is 9.53 Å². The van der Waals surface area contributed by atoms with Gasteiger partial charge in [0.2, 0.25) is 0 Å². The Morgan fingerprint density at radius 3 is 2.52 bits per heavy atom. The van der Waals surface area contributed by atoms with Crippen molar-refractivity contribution in [2.45, 2.75) is 39.7 Å². The van der Waals surface area contributed by atoms with E-state index in [4.69, 9.17) is 9.72 Å². The summed E-state index contributed by atoms with van der Waals surface area (Å²) < 4.78 is 5.61. The first-order chi connectivity index (χ1) is 12.9. The molecule has 0 bridgehead atoms. The molecule has 0 atom stereocenters. The monoisotopic (exact) mass is 387 g/mol. The van der Waals surface area contributed by atoms with Gasteiger partial charge in [-0.05, 0) is 19.1 Å². The van der Waals surface area contributed by atoms with Crippen LogP contribution in [0.5, 0.6) is 5.75 Å². The topological polar surface area (TPSA) is 45.7 Å². The lowest BCUT2D eigenvalue weighted by Gasteiger charge is -2.34. The molecule has 1 aromatic heterocycles. The zero-order valence-electron chi connectivity index (χ0n) is 16.7. The maximum Gasteiger partial charge on any atom is 0.257 e. The van der Waals surface area contributed by atoms with Crippen LogP contribution in [0, 0.1) is 0 Å². The van der Waals surface area contributed by atoms with Gasteiger partial charge >= 0.3 is 0 Å². The number of para-hydroxylation sites is 1. The lowest BCUT2D eigenvalue weighted by Crippen LogP contribution is -2.48. The number of hydrogen-bond acceptors (Lipinski definition) is 5. The minimum Gasteiger partial charge on any atom is -0.493 e. The van der Waals surface area contributed by atoms with Crippen molar-refractivity contribution in [3.05, 3.63) is 45.9 Å². The van der Waals surface area contributed by atoms with Crippen molar-refractivity contribution in [2.75, 3.05) is 32.8 Å². The highest BCUT2D eigenvalue weighted by Crippen LogP contribution is 2.25. The third kappa shape index (κ3) is 4.87. The predicted octanol–water partition coefficient (Wildman–Crippen LogP) is 3.80. The first kappa shape index (κ1) is 19.8. The largest absolute Gasteiger partial charge is 0.493 e. The summed E-state index contributed by atoms with van der Waals surface area (Å²) in [6.07, 6.45) is 0. The Hall–Kier alpha value is -1.92. The Labute approximate surface area is 166 Å². The number of amides is 1. The molecule has 146 valence electrons. The third-order valence-electron chi connectivity index (χ3n) is 4.76. The number of carbonyl (C=O) groups is 1. The maximum absolute atomic E-state index is 12.9. The van der Waals surface area contributed by atoms with Gasteiger partial charge < -0.3 is 9.64 Å². The second-order valence-electron chi connectivity index (χ2n) is 7.87. The fraction of sp³-hybridized carbons (Fsp3) is 0.524. The molecule has 1 aliphatic heterocycles. The summed E-state index contributed by atoms with van der Waals surface area (Å²) in [6.45, 7) is 13.1. The maximum atomic E-state index is 12.9. The Morgan fingerprint density at radius 1 is 1.19 bits per heavy atom. The van der Waals surface area contributed by atoms with Crippen LogP contribution in [-0.2, 0) is 12.0 Å². The molecular weight excluding hydrogens is 358 g/mol. The quantitative estimate of drug-likeness (QED) is 0.783. The van der Waals surface area contributed by atoms with Crippen molar-refractivity contribution >= 4 is 17.2 Å². The van der Waals surface area contributed by atoms with Crippen LogP contribution < -0.4 is 4.74 Å². The van der Waals surface area contributed by atoms with E-state index in [1.54, 1.807) is 11.3 Å². The molecule has 6 heteroatoms. The van der Waals surface area contributed by atoms with E-state index in [9.17, 15) is 4.79 Å². The normalized spacial score (nSPS) is 15.8. The van der Waals surface area contributed by atoms with Gasteiger partial charge in [0.25, 0.3) is 5.91 Å². The van der Waals surface area contributed by atoms with Crippen molar-refractivity contribution in [3.8, 4) is 5.75 Å². The number of piperazine rings is 1. The van der Waals surface area contributed by atoms with Gasteiger partial charge in [-0.3, -0.25) is 9.69 Å². The molecule has 27 heavy (non-hydrogen) atoms. The molecule has 0 aliphatic carbocycles. The van der Waals surface area contributed by atoms with Crippen molar-refractivity contribution in [3.63, 3.8) is 0 Å². The van der Waals surface area contributed by atoms with Crippen LogP contribution in [0.25, 0.3) is 0 Å². The second kappa shape index (κ2) is 8.40. The van der Waals surface area contributed by atoms with E-state index < -0.39 is 0 Å². The molecule has 0 radical (unpaired) electrons. The third-order valence-corrected chi connectivity index (χ3v) is 5.59. The minimum atomic E-state index is 0.0583. The molecule has 2 aromatic rings. The second-order valence-corrected chi connectivity index (χ2v) is 8.82. The van der Waals surface area contributed by atoms with Crippen LogP contribution in [0.15, 0.2) is 29.6 Å². The molecule has 1 saturated heterocycles. The first-order valence-electron chi connectivity index (χ1n) is 9.57. The van der Waals surface area contributed by atoms with Crippen molar-refractivity contribution in [1.29, 1.82) is 0 Å². The highest BCUT2D eigenvalue weighted by atomic mass is 32.1. The van der Waals surface area contributed by atoms with Gasteiger partial charge in [0.15, 0.2) is 0 Å². The SMILES string of the molecule is CCOc1ccccc1C(=O)N1CCN(Cc2nc(C(C)(C)C)cs2)CC1. The molecule has 0 spiro atoms. The van der Waals surface area contributed by atoms with E-state index in [2.05, 4.69) is 31.1 Å². The molecule has 1 amide bonds. The average molecular weight is 388 g/mol. The average Bonchev–Trinajstić information content (AvgIpc) is 3.12. The van der Waals surface area contributed by atoms with Gasteiger partial charge in [-0.15, -0.1) is 11.3 Å². The molecule has 0 N–H and O–H groups in total. The summed E-state index contributed by atoms with van der Waals surface area (Å²) in [5, 5.41) is 3.32. The summed E-state index contributed by atoms with van der Waals surface area (Å²) in [7, 11) is 0. The van der Waals surface area contributed by atoms with Crippen LogP contribution in [0.4, 0.5) is 0 Å². The summed E-state index contributed by atoms with van der Waals surface area (Å²) >= 11 is 1.73. The molecule has 3 rings (SSSR count). The summed E-state index contributed by atoms with van der Waals surface area (Å²) in [6, 6.07) is 7.51. The smallest absolute Gasteiger partial charge is 0.257 e. The molecule has 2 heterocycles. The molecule has 0 unspecified atom stereocenters. The van der Waals surface area contributed by atoms with E-state index in [1.165, 1.54) is 0 Å². The Bertz CT molecular complexity index is 774. The summed E-state index contributed by atoms with van der Waals surface area (Å²) in [4.78, 5) is 22.0. The number of carbonyl (C=O) groups excluding carboxylic acids is 1. The highest BCUT2D eigenvalue weighted by molar-refractivity contribution is 7.09. The molecular formula is C21H29N3O2S. The van der Waals surface area contributed by atoms with Crippen LogP contribution in [0.3, 0.4) is 0 Å². The number of nitrogens with zero attached hydrogens (tertiary/aromatic N) is 3. The number of benzene rings is 1. The highest BCUT2D eigenvalue weighted by Gasteiger charge is 2.25. The molecule has 1 aromatic carbocycles. The fourth-order valence-electron chi connectivity index (χ4n) is 3.12. The van der Waals surface area contributed by atoms with Gasteiger partial charge in [-0.25, -0.2) is 4.98 Å². The lowest BCUT2D eigenvalue weighted by molar-refractivity contribution is 0.0624. The Balaban J connectivity index is 1.57. The van der Waals surface area contributed by atoms with Gasteiger partial charge in [-0.1, -0.05) is 32.9 Å². The van der Waals surface area contributed by atoms with E-state index >= 15 is 0 Å². The first-order valence-corrected chi connectivity index (χ1v) is 10.4. The van der Waals surface area contributed by atoms with Gasteiger partial charge in [-0.2, -0.15) is 0 Å². The Kier molecular flexibility index (Phi) is 6.17. The van der Waals surface area contributed by atoms with Crippen molar-refractivity contribution in [1.82, 2.24) is 14.8 Å². The molecule has 1 aliphatic rings. The van der Waals surface area contributed by atoms with Crippen LogP contribution >= 0.6 is 11.3 Å². The zero-order valence-corrected chi connectivity index (χ0v) is 17.5. The van der Waals surface area contributed by atoms with Crippen LogP contribution in [0.1, 0.15) is 48.8 Å². The number of thiazole rings is 1. The molecule has 5 nitrogen and oxygen atoms in total. The predicted molar refractivity (Wildman–Crippen MR) is 110 cm³/mol.